The van der Waals surface area contributed by atoms with Crippen LogP contribution in [0.2, 0.25) is 0 Å². The lowest BCUT2D eigenvalue weighted by Crippen LogP contribution is -2.13. The summed E-state index contributed by atoms with van der Waals surface area (Å²) in [6, 6.07) is 13.1. The van der Waals surface area contributed by atoms with Gasteiger partial charge in [0.1, 0.15) is 0 Å². The quantitative estimate of drug-likeness (QED) is 0.913. The molecule has 1 aliphatic heterocycles. The van der Waals surface area contributed by atoms with Crippen molar-refractivity contribution in [3.05, 3.63) is 59.2 Å². The molecule has 0 radical (unpaired) electrons. The van der Waals surface area contributed by atoms with Crippen molar-refractivity contribution in [3.8, 4) is 11.5 Å². The molecule has 1 heterocycles. The topological polar surface area (TPSA) is 61.6 Å². The van der Waals surface area contributed by atoms with E-state index in [1.807, 2.05) is 36.4 Å². The number of carbonyl (C=O) groups is 1. The highest BCUT2D eigenvalue weighted by Gasteiger charge is 2.14. The fraction of sp³-hybridized carbons (Fsp3) is 0.133. The smallest absolute Gasteiger partial charge is 0.248 e. The van der Waals surface area contributed by atoms with Crippen LogP contribution in [0.5, 0.6) is 11.5 Å². The zero-order chi connectivity index (χ0) is 13.2. The molecule has 0 atom stereocenters. The molecule has 1 aliphatic rings. The summed E-state index contributed by atoms with van der Waals surface area (Å²) in [6.07, 6.45) is 0.635. The lowest BCUT2D eigenvalue weighted by atomic mass is 9.99. The summed E-state index contributed by atoms with van der Waals surface area (Å²) < 4.78 is 10.6. The van der Waals surface area contributed by atoms with E-state index in [-0.39, 0.29) is 6.79 Å². The highest BCUT2D eigenvalue weighted by Crippen LogP contribution is 2.33. The third-order valence-corrected chi connectivity index (χ3v) is 3.11. The van der Waals surface area contributed by atoms with E-state index < -0.39 is 5.91 Å². The Morgan fingerprint density at radius 3 is 2.74 bits per heavy atom. The molecule has 0 aromatic heterocycles. The first-order valence-electron chi connectivity index (χ1n) is 6.00. The summed E-state index contributed by atoms with van der Waals surface area (Å²) >= 11 is 0. The van der Waals surface area contributed by atoms with Gasteiger partial charge in [0.2, 0.25) is 12.7 Å². The molecule has 0 spiro atoms. The van der Waals surface area contributed by atoms with Gasteiger partial charge < -0.3 is 15.2 Å². The van der Waals surface area contributed by atoms with Crippen LogP contribution in [0.3, 0.4) is 0 Å². The minimum absolute atomic E-state index is 0.261. The number of rotatable bonds is 3. The lowest BCUT2D eigenvalue weighted by Gasteiger charge is -2.07. The Morgan fingerprint density at radius 2 is 1.89 bits per heavy atom. The first kappa shape index (κ1) is 11.6. The van der Waals surface area contributed by atoms with Crippen molar-refractivity contribution in [1.29, 1.82) is 0 Å². The van der Waals surface area contributed by atoms with Gasteiger partial charge in [0.15, 0.2) is 11.5 Å². The van der Waals surface area contributed by atoms with Crippen molar-refractivity contribution in [1.82, 2.24) is 0 Å². The second-order valence-electron chi connectivity index (χ2n) is 4.39. The Hall–Kier alpha value is -2.49. The van der Waals surface area contributed by atoms with E-state index in [1.165, 1.54) is 0 Å². The maximum atomic E-state index is 11.4. The summed E-state index contributed by atoms with van der Waals surface area (Å²) in [6.45, 7) is 0.261. The maximum Gasteiger partial charge on any atom is 0.248 e. The van der Waals surface area contributed by atoms with Gasteiger partial charge in [-0.1, -0.05) is 24.3 Å². The first-order valence-corrected chi connectivity index (χ1v) is 6.00. The van der Waals surface area contributed by atoms with Crippen LogP contribution >= 0.6 is 0 Å². The molecule has 0 fully saturated rings. The average molecular weight is 255 g/mol. The Bertz CT molecular complexity index is 637. The molecular weight excluding hydrogens is 242 g/mol. The van der Waals surface area contributed by atoms with Gasteiger partial charge in [0, 0.05) is 5.56 Å². The third kappa shape index (κ3) is 2.25. The molecular formula is C15H13NO3. The summed E-state index contributed by atoms with van der Waals surface area (Å²) in [7, 11) is 0. The fourth-order valence-electron chi connectivity index (χ4n) is 2.19. The number of primary amides is 1. The molecule has 96 valence electrons. The third-order valence-electron chi connectivity index (χ3n) is 3.11. The number of hydrogen-bond acceptors (Lipinski definition) is 3. The van der Waals surface area contributed by atoms with Crippen molar-refractivity contribution >= 4 is 5.91 Å². The minimum Gasteiger partial charge on any atom is -0.454 e. The summed E-state index contributed by atoms with van der Waals surface area (Å²) in [5, 5.41) is 0. The van der Waals surface area contributed by atoms with E-state index >= 15 is 0 Å². The number of amides is 1. The van der Waals surface area contributed by atoms with Crippen LogP contribution in [0.25, 0.3) is 0 Å². The molecule has 0 saturated carbocycles. The Kier molecular flexibility index (Phi) is 2.83. The number of benzene rings is 2. The van der Waals surface area contributed by atoms with Gasteiger partial charge in [-0.2, -0.15) is 0 Å². The molecule has 2 N–H and O–H groups in total. The SMILES string of the molecule is NC(=O)c1ccccc1Cc1ccc2c(c1)OCO2. The summed E-state index contributed by atoms with van der Waals surface area (Å²) in [5.74, 6) is 1.09. The molecule has 4 nitrogen and oxygen atoms in total. The van der Waals surface area contributed by atoms with Crippen molar-refractivity contribution in [2.75, 3.05) is 6.79 Å². The molecule has 19 heavy (non-hydrogen) atoms. The van der Waals surface area contributed by atoms with Gasteiger partial charge in [-0.15, -0.1) is 0 Å². The Balaban J connectivity index is 1.91. The second kappa shape index (κ2) is 4.65. The van der Waals surface area contributed by atoms with Crippen LogP contribution in [0.15, 0.2) is 42.5 Å². The van der Waals surface area contributed by atoms with E-state index in [2.05, 4.69) is 0 Å². The zero-order valence-electron chi connectivity index (χ0n) is 10.3. The molecule has 2 aromatic carbocycles. The Morgan fingerprint density at radius 1 is 1.11 bits per heavy atom. The molecule has 0 bridgehead atoms. The van der Waals surface area contributed by atoms with Crippen LogP contribution in [-0.4, -0.2) is 12.7 Å². The van der Waals surface area contributed by atoms with Gasteiger partial charge in [0.05, 0.1) is 0 Å². The van der Waals surface area contributed by atoms with Crippen LogP contribution in [-0.2, 0) is 6.42 Å². The van der Waals surface area contributed by atoms with Gasteiger partial charge >= 0.3 is 0 Å². The van der Waals surface area contributed by atoms with E-state index in [9.17, 15) is 4.79 Å². The summed E-state index contributed by atoms with van der Waals surface area (Å²) in [5.41, 5.74) is 7.90. The standard InChI is InChI=1S/C15H13NO3/c16-15(17)12-4-2-1-3-11(12)7-10-5-6-13-14(8-10)19-9-18-13/h1-6,8H,7,9H2,(H2,16,17). The maximum absolute atomic E-state index is 11.4. The van der Waals surface area contributed by atoms with Crippen molar-refractivity contribution in [2.24, 2.45) is 5.73 Å². The molecule has 1 amide bonds. The number of fused-ring (bicyclic) bond motifs is 1. The van der Waals surface area contributed by atoms with E-state index in [0.717, 1.165) is 22.6 Å². The highest BCUT2D eigenvalue weighted by molar-refractivity contribution is 5.94. The molecule has 0 saturated heterocycles. The van der Waals surface area contributed by atoms with E-state index in [1.54, 1.807) is 6.07 Å². The summed E-state index contributed by atoms with van der Waals surface area (Å²) in [4.78, 5) is 11.4. The predicted octanol–water partition coefficient (Wildman–Crippen LogP) is 2.10. The van der Waals surface area contributed by atoms with Gasteiger partial charge in [-0.05, 0) is 35.7 Å². The largest absolute Gasteiger partial charge is 0.454 e. The van der Waals surface area contributed by atoms with Crippen LogP contribution in [0.4, 0.5) is 0 Å². The van der Waals surface area contributed by atoms with Crippen LogP contribution in [0, 0.1) is 0 Å². The van der Waals surface area contributed by atoms with Crippen molar-refractivity contribution < 1.29 is 14.3 Å². The second-order valence-corrected chi connectivity index (χ2v) is 4.39. The van der Waals surface area contributed by atoms with E-state index in [4.69, 9.17) is 15.2 Å². The molecule has 3 rings (SSSR count). The zero-order valence-corrected chi connectivity index (χ0v) is 10.3. The number of nitrogens with two attached hydrogens (primary N) is 1. The van der Waals surface area contributed by atoms with Crippen LogP contribution < -0.4 is 15.2 Å². The highest BCUT2D eigenvalue weighted by atomic mass is 16.7. The minimum atomic E-state index is -0.406. The molecule has 0 unspecified atom stereocenters. The number of carbonyl (C=O) groups excluding carboxylic acids is 1. The van der Waals surface area contributed by atoms with Gasteiger partial charge in [0.25, 0.3) is 0 Å². The number of hydrogen-bond donors (Lipinski definition) is 1. The van der Waals surface area contributed by atoms with Crippen LogP contribution in [0.1, 0.15) is 21.5 Å². The van der Waals surface area contributed by atoms with Crippen molar-refractivity contribution in [3.63, 3.8) is 0 Å². The average Bonchev–Trinajstić information content (AvgIpc) is 2.86. The molecule has 4 heteroatoms. The monoisotopic (exact) mass is 255 g/mol. The lowest BCUT2D eigenvalue weighted by molar-refractivity contribution is 0.0999. The van der Waals surface area contributed by atoms with E-state index in [0.29, 0.717) is 12.0 Å². The van der Waals surface area contributed by atoms with Crippen molar-refractivity contribution in [2.45, 2.75) is 6.42 Å². The molecule has 2 aromatic rings. The number of ether oxygens (including phenoxy) is 2. The van der Waals surface area contributed by atoms with Gasteiger partial charge in [-0.25, -0.2) is 0 Å². The Labute approximate surface area is 110 Å². The predicted molar refractivity (Wildman–Crippen MR) is 70.3 cm³/mol. The van der Waals surface area contributed by atoms with Gasteiger partial charge in [-0.3, -0.25) is 4.79 Å². The normalized spacial score (nSPS) is 12.4. The molecule has 0 aliphatic carbocycles. The fourth-order valence-corrected chi connectivity index (χ4v) is 2.19. The first-order chi connectivity index (χ1) is 9.24.